The fourth-order valence-corrected chi connectivity index (χ4v) is 2.93. The maximum atomic E-state index is 8.00. The lowest BCUT2D eigenvalue weighted by Gasteiger charge is -2.17. The van der Waals surface area contributed by atoms with Crippen LogP contribution in [0.5, 0.6) is 0 Å². The van der Waals surface area contributed by atoms with Crippen molar-refractivity contribution in [3.63, 3.8) is 0 Å². The van der Waals surface area contributed by atoms with Gasteiger partial charge in [-0.15, -0.1) is 0 Å². The topological polar surface area (TPSA) is 25.8 Å². The van der Waals surface area contributed by atoms with Gasteiger partial charge in [0.2, 0.25) is 0 Å². The highest BCUT2D eigenvalue weighted by molar-refractivity contribution is 6.88. The molecule has 3 rings (SSSR count). The molecule has 0 fully saturated rings. The quantitative estimate of drug-likeness (QED) is 0.672. The molecule has 3 heteroatoms. The summed E-state index contributed by atoms with van der Waals surface area (Å²) < 4.78 is 48.0. The van der Waals surface area contributed by atoms with Crippen LogP contribution in [0.25, 0.3) is 22.6 Å². The monoisotopic (exact) mass is 310 g/mol. The van der Waals surface area contributed by atoms with Gasteiger partial charge in [0.25, 0.3) is 0 Å². The minimum absolute atomic E-state index is 0.111. The number of hydrogen-bond donors (Lipinski definition) is 0. The van der Waals surface area contributed by atoms with E-state index in [0.717, 1.165) is 5.56 Å². The molecule has 110 valence electrons. The molecule has 0 aliphatic rings. The molecule has 0 radical (unpaired) electrons. The Bertz CT molecular complexity index is 884. The predicted molar refractivity (Wildman–Crippen MR) is 95.9 cm³/mol. The number of aromatic nitrogens is 2. The molecule has 2 nitrogen and oxygen atoms in total. The third kappa shape index (κ3) is 3.15. The minimum atomic E-state index is -4.01. The molecule has 0 bridgehead atoms. The largest absolute Gasteiger partial charge is 0.238 e. The molecule has 0 spiro atoms. The summed E-state index contributed by atoms with van der Waals surface area (Å²) in [6.45, 7) is -3.93. The smallest absolute Gasteiger partial charge is 0.159 e. The van der Waals surface area contributed by atoms with Gasteiger partial charge in [0, 0.05) is 24.7 Å². The fraction of sp³-hybridized carbons (Fsp3) is 0.158. The highest BCUT2D eigenvalue weighted by atomic mass is 28.3. The van der Waals surface area contributed by atoms with Crippen molar-refractivity contribution in [3.05, 3.63) is 66.7 Å². The summed E-state index contributed by atoms with van der Waals surface area (Å²) in [4.78, 5) is 9.06. The molecule has 0 saturated heterocycles. The summed E-state index contributed by atoms with van der Waals surface area (Å²) in [6.07, 6.45) is 0. The molecule has 22 heavy (non-hydrogen) atoms. The van der Waals surface area contributed by atoms with Crippen molar-refractivity contribution in [2.45, 2.75) is 19.5 Å². The van der Waals surface area contributed by atoms with Crippen molar-refractivity contribution in [1.82, 2.24) is 9.97 Å². The molecular weight excluding hydrogens is 284 g/mol. The number of benzene rings is 2. The number of hydrogen-bond acceptors (Lipinski definition) is 2. The molecule has 1 aromatic heterocycles. The molecule has 1 heterocycles. The van der Waals surface area contributed by atoms with Crippen LogP contribution in [0, 0.1) is 0 Å². The first kappa shape index (κ1) is 9.01. The molecule has 0 amide bonds. The second-order valence-corrected chi connectivity index (χ2v) is 8.08. The van der Waals surface area contributed by atoms with E-state index in [1.807, 2.05) is 60.7 Å². The van der Waals surface area contributed by atoms with Gasteiger partial charge in [-0.25, -0.2) is 9.97 Å². The van der Waals surface area contributed by atoms with E-state index in [1.165, 1.54) is 12.6 Å². The normalized spacial score (nSPS) is 16.6. The molecule has 0 unspecified atom stereocenters. The van der Waals surface area contributed by atoms with Gasteiger partial charge in [-0.2, -0.15) is 0 Å². The van der Waals surface area contributed by atoms with Crippen LogP contribution in [0.4, 0.5) is 0 Å². The van der Waals surface area contributed by atoms with Gasteiger partial charge in [-0.3, -0.25) is 0 Å². The van der Waals surface area contributed by atoms with E-state index in [9.17, 15) is 0 Å². The van der Waals surface area contributed by atoms with E-state index in [0.29, 0.717) is 17.1 Å². The van der Waals surface area contributed by atoms with Gasteiger partial charge in [-0.1, -0.05) is 80.2 Å². The predicted octanol–water partition coefficient (Wildman–Crippen LogP) is 4.36. The molecule has 0 atom stereocenters. The summed E-state index contributed by atoms with van der Waals surface area (Å²) in [5.41, 5.74) is 1.99. The van der Waals surface area contributed by atoms with Crippen molar-refractivity contribution < 1.29 is 8.22 Å². The van der Waals surface area contributed by atoms with Crippen molar-refractivity contribution in [3.8, 4) is 22.6 Å². The number of nitrogens with zero attached hydrogens (tertiary/aromatic N) is 2. The van der Waals surface area contributed by atoms with Gasteiger partial charge in [0.05, 0.1) is 5.69 Å². The maximum absolute atomic E-state index is 8.00. The molecule has 0 N–H and O–H groups in total. The maximum Gasteiger partial charge on any atom is 0.159 e. The van der Waals surface area contributed by atoms with Crippen molar-refractivity contribution in [2.24, 2.45) is 0 Å². The minimum Gasteiger partial charge on any atom is -0.238 e. The van der Waals surface area contributed by atoms with Crippen molar-refractivity contribution in [2.75, 3.05) is 0 Å². The molecule has 0 aliphatic heterocycles. The molecular formula is C19H20N2Si. The second kappa shape index (κ2) is 5.85. The van der Waals surface area contributed by atoms with Gasteiger partial charge in [0.15, 0.2) is 5.82 Å². The highest BCUT2D eigenvalue weighted by Gasteiger charge is 2.21. The van der Waals surface area contributed by atoms with E-state index in [-0.39, 0.29) is 5.32 Å². The van der Waals surface area contributed by atoms with Crippen LogP contribution in [0.1, 0.15) is 8.22 Å². The van der Waals surface area contributed by atoms with Gasteiger partial charge >= 0.3 is 0 Å². The van der Waals surface area contributed by atoms with E-state index >= 15 is 0 Å². The zero-order valence-corrected chi connectivity index (χ0v) is 13.2. The lowest BCUT2D eigenvalue weighted by Crippen LogP contribution is -2.40. The van der Waals surface area contributed by atoms with Crippen LogP contribution in [0.15, 0.2) is 66.7 Å². The standard InChI is InChI=1S/C19H20N2Si/c1-22(2,3)18-14-17(15-10-6-4-7-11-15)20-19(21-18)16-12-8-5-9-13-16/h4-14H,1-3H3/i1D3,2D3. The summed E-state index contributed by atoms with van der Waals surface area (Å²) in [6, 6.07) is 20.0. The first-order valence-corrected chi connectivity index (χ1v) is 9.54. The first-order chi connectivity index (χ1) is 13.0. The SMILES string of the molecule is [2H]C([2H])([2H])[Si](C)(c1cc(-c2ccccc2)nc(-c2ccccc2)n1)C([2H])([2H])[2H]. The molecule has 0 aliphatic carbocycles. The van der Waals surface area contributed by atoms with Crippen molar-refractivity contribution in [1.29, 1.82) is 0 Å². The highest BCUT2D eigenvalue weighted by Crippen LogP contribution is 2.21. The van der Waals surface area contributed by atoms with Gasteiger partial charge in [0.1, 0.15) is 8.07 Å². The zero-order chi connectivity index (χ0) is 20.6. The Morgan fingerprint density at radius 1 is 0.818 bits per heavy atom. The summed E-state index contributed by atoms with van der Waals surface area (Å²) in [7, 11) is -4.01. The Morgan fingerprint density at radius 3 is 2.00 bits per heavy atom. The first-order valence-electron chi connectivity index (χ1n) is 10.0. The van der Waals surface area contributed by atoms with E-state index in [4.69, 9.17) is 8.22 Å². The van der Waals surface area contributed by atoms with Crippen LogP contribution in [0.3, 0.4) is 0 Å². The van der Waals surface area contributed by atoms with Gasteiger partial charge in [-0.05, 0) is 6.07 Å². The average molecular weight is 311 g/mol. The second-order valence-electron chi connectivity index (χ2n) is 5.32. The van der Waals surface area contributed by atoms with E-state index in [1.54, 1.807) is 0 Å². The van der Waals surface area contributed by atoms with Crippen LogP contribution in [-0.2, 0) is 0 Å². The van der Waals surface area contributed by atoms with Crippen molar-refractivity contribution >= 4 is 13.4 Å². The third-order valence-corrected chi connectivity index (χ3v) is 4.62. The lowest BCUT2D eigenvalue weighted by molar-refractivity contribution is 1.20. The van der Waals surface area contributed by atoms with Crippen LogP contribution in [0.2, 0.25) is 19.5 Å². The summed E-state index contributed by atoms with van der Waals surface area (Å²) >= 11 is 0. The Labute approximate surface area is 141 Å². The van der Waals surface area contributed by atoms with E-state index in [2.05, 4.69) is 9.97 Å². The zero-order valence-electron chi connectivity index (χ0n) is 18.2. The molecule has 2 aromatic carbocycles. The Hall–Kier alpha value is -2.26. The van der Waals surface area contributed by atoms with Crippen LogP contribution < -0.4 is 5.32 Å². The molecule has 0 saturated carbocycles. The summed E-state index contributed by atoms with van der Waals surface area (Å²) in [5, 5.41) is 0.111. The Balaban J connectivity index is 2.32. The van der Waals surface area contributed by atoms with Crippen LogP contribution in [-0.4, -0.2) is 18.0 Å². The summed E-state index contributed by atoms with van der Waals surface area (Å²) in [5.74, 6) is 0.323. The fourth-order valence-electron chi connectivity index (χ4n) is 2.18. The Morgan fingerprint density at radius 2 is 1.41 bits per heavy atom. The Kier molecular flexibility index (Phi) is 2.40. The number of rotatable bonds is 3. The van der Waals surface area contributed by atoms with E-state index < -0.39 is 21.0 Å². The lowest BCUT2D eigenvalue weighted by atomic mass is 10.1. The molecule has 3 aromatic rings. The van der Waals surface area contributed by atoms with Gasteiger partial charge < -0.3 is 0 Å². The average Bonchev–Trinajstić information content (AvgIpc) is 2.66. The van der Waals surface area contributed by atoms with Crippen LogP contribution >= 0.6 is 0 Å². The third-order valence-electron chi connectivity index (χ3n) is 3.34.